The number of hydrogen-bond acceptors (Lipinski definition) is 3. The molecule has 0 aromatic heterocycles. The maximum Gasteiger partial charge on any atom is 0.254 e. The Kier molecular flexibility index (Phi) is 5.80. The van der Waals surface area contributed by atoms with Crippen LogP contribution < -0.4 is 0 Å². The molecule has 24 heavy (non-hydrogen) atoms. The third kappa shape index (κ3) is 3.93. The number of halogens is 1. The minimum Gasteiger partial charge on any atom is -0.335 e. The molecule has 126 valence electrons. The fourth-order valence-electron chi connectivity index (χ4n) is 2.68. The van der Waals surface area contributed by atoms with Crippen LogP contribution >= 0.6 is 35.1 Å². The van der Waals surface area contributed by atoms with Crippen molar-refractivity contribution in [3.8, 4) is 0 Å². The van der Waals surface area contributed by atoms with E-state index < -0.39 is 0 Å². The zero-order chi connectivity index (χ0) is 17.1. The summed E-state index contributed by atoms with van der Waals surface area (Å²) in [6, 6.07) is 15.7. The van der Waals surface area contributed by atoms with Crippen LogP contribution in [0.3, 0.4) is 0 Å². The molecule has 3 rings (SSSR count). The Morgan fingerprint density at radius 3 is 2.25 bits per heavy atom. The zero-order valence-corrected chi connectivity index (χ0v) is 16.1. The minimum atomic E-state index is -0.00427. The van der Waals surface area contributed by atoms with Gasteiger partial charge in [-0.05, 0) is 42.3 Å². The van der Waals surface area contributed by atoms with Crippen LogP contribution in [0.4, 0.5) is 0 Å². The van der Waals surface area contributed by atoms with Gasteiger partial charge >= 0.3 is 0 Å². The summed E-state index contributed by atoms with van der Waals surface area (Å²) in [6.45, 7) is 2.03. The highest BCUT2D eigenvalue weighted by Crippen LogP contribution is 2.45. The number of hydrogen-bond donors (Lipinski definition) is 0. The van der Waals surface area contributed by atoms with E-state index >= 15 is 0 Å². The molecule has 1 amide bonds. The molecule has 0 aliphatic carbocycles. The van der Waals surface area contributed by atoms with Crippen molar-refractivity contribution in [1.82, 2.24) is 4.90 Å². The van der Waals surface area contributed by atoms with Gasteiger partial charge in [-0.15, -0.1) is 23.5 Å². The van der Waals surface area contributed by atoms with E-state index in [4.69, 9.17) is 11.6 Å². The Bertz CT molecular complexity index is 696. The molecule has 1 saturated heterocycles. The molecule has 1 aliphatic heterocycles. The normalized spacial score (nSPS) is 16.1. The van der Waals surface area contributed by atoms with Gasteiger partial charge in [-0.1, -0.05) is 35.9 Å². The number of thioether (sulfide) groups is 2. The molecule has 0 radical (unpaired) electrons. The lowest BCUT2D eigenvalue weighted by molar-refractivity contribution is 0.0742. The van der Waals surface area contributed by atoms with Crippen molar-refractivity contribution in [2.24, 2.45) is 0 Å². The fraction of sp³-hybridized carbons (Fsp3) is 0.316. The van der Waals surface area contributed by atoms with Gasteiger partial charge in [-0.2, -0.15) is 0 Å². The van der Waals surface area contributed by atoms with Gasteiger partial charge in [-0.3, -0.25) is 4.79 Å². The molecule has 0 bridgehead atoms. The number of carbonyl (C=O) groups excluding carboxylic acids is 1. The summed E-state index contributed by atoms with van der Waals surface area (Å²) in [5.41, 5.74) is 3.10. The standard InChI is InChI=1S/C19H20ClNOS2/c1-13(14-7-9-17(20)10-8-14)21(2)18(22)15-3-5-16(6-4-15)19-23-11-12-24-19/h3-10,13,19H,11-12H2,1-2H3. The molecule has 5 heteroatoms. The van der Waals surface area contributed by atoms with Crippen molar-refractivity contribution in [2.75, 3.05) is 18.6 Å². The molecule has 1 fully saturated rings. The third-order valence-corrected chi connectivity index (χ3v) is 7.66. The first-order valence-corrected chi connectivity index (χ1v) is 10.4. The highest BCUT2D eigenvalue weighted by atomic mass is 35.5. The van der Waals surface area contributed by atoms with Crippen LogP contribution in [0.1, 0.15) is 39.0 Å². The lowest BCUT2D eigenvalue weighted by Gasteiger charge is -2.25. The van der Waals surface area contributed by atoms with E-state index in [0.717, 1.165) is 11.1 Å². The Morgan fingerprint density at radius 1 is 1.08 bits per heavy atom. The van der Waals surface area contributed by atoms with Crippen molar-refractivity contribution in [2.45, 2.75) is 17.5 Å². The largest absolute Gasteiger partial charge is 0.335 e. The van der Waals surface area contributed by atoms with Crippen molar-refractivity contribution < 1.29 is 4.79 Å². The highest BCUT2D eigenvalue weighted by Gasteiger charge is 2.21. The van der Waals surface area contributed by atoms with Gasteiger partial charge in [0.25, 0.3) is 5.91 Å². The van der Waals surface area contributed by atoms with E-state index in [0.29, 0.717) is 9.60 Å². The van der Waals surface area contributed by atoms with Crippen molar-refractivity contribution in [1.29, 1.82) is 0 Å². The summed E-state index contributed by atoms with van der Waals surface area (Å²) in [5.74, 6) is 2.45. The van der Waals surface area contributed by atoms with Gasteiger partial charge in [0.05, 0.1) is 10.6 Å². The summed E-state index contributed by atoms with van der Waals surface area (Å²) in [7, 11) is 1.85. The van der Waals surface area contributed by atoms with Crippen LogP contribution in [0.2, 0.25) is 5.02 Å². The first-order valence-electron chi connectivity index (χ1n) is 7.92. The average molecular weight is 378 g/mol. The van der Waals surface area contributed by atoms with E-state index in [2.05, 4.69) is 12.1 Å². The average Bonchev–Trinajstić information content (AvgIpc) is 3.15. The Morgan fingerprint density at radius 2 is 1.67 bits per heavy atom. The molecule has 1 unspecified atom stereocenters. The molecule has 2 aromatic rings. The van der Waals surface area contributed by atoms with Gasteiger partial charge in [-0.25, -0.2) is 0 Å². The van der Waals surface area contributed by atoms with Crippen LogP contribution in [0.15, 0.2) is 48.5 Å². The van der Waals surface area contributed by atoms with Gasteiger partial charge in [0.1, 0.15) is 0 Å². The maximum absolute atomic E-state index is 12.7. The molecular formula is C19H20ClNOS2. The Hall–Kier alpha value is -1.10. The van der Waals surface area contributed by atoms with Crippen LogP contribution in [0.25, 0.3) is 0 Å². The smallest absolute Gasteiger partial charge is 0.254 e. The molecule has 2 aromatic carbocycles. The SMILES string of the molecule is CC(c1ccc(Cl)cc1)N(C)C(=O)c1ccc(C2SCCS2)cc1. The fourth-order valence-corrected chi connectivity index (χ4v) is 5.66. The third-order valence-electron chi connectivity index (χ3n) is 4.31. The van der Waals surface area contributed by atoms with Crippen LogP contribution in [0, 0.1) is 0 Å². The van der Waals surface area contributed by atoms with Crippen LogP contribution in [-0.2, 0) is 0 Å². The van der Waals surface area contributed by atoms with Gasteiger partial charge in [0.2, 0.25) is 0 Å². The van der Waals surface area contributed by atoms with Crippen molar-refractivity contribution in [3.63, 3.8) is 0 Å². The lowest BCUT2D eigenvalue weighted by Crippen LogP contribution is -2.29. The highest BCUT2D eigenvalue weighted by molar-refractivity contribution is 8.19. The lowest BCUT2D eigenvalue weighted by atomic mass is 10.1. The molecule has 0 spiro atoms. The van der Waals surface area contributed by atoms with Gasteiger partial charge in [0, 0.05) is 29.1 Å². The van der Waals surface area contributed by atoms with E-state index in [1.165, 1.54) is 17.1 Å². The predicted octanol–water partition coefficient (Wildman–Crippen LogP) is 5.65. The van der Waals surface area contributed by atoms with Crippen molar-refractivity contribution in [3.05, 3.63) is 70.2 Å². The topological polar surface area (TPSA) is 20.3 Å². The second kappa shape index (κ2) is 7.85. The number of benzene rings is 2. The summed E-state index contributed by atoms with van der Waals surface area (Å²) in [6.07, 6.45) is 0. The van der Waals surface area contributed by atoms with Gasteiger partial charge in [0.15, 0.2) is 0 Å². The maximum atomic E-state index is 12.7. The number of rotatable bonds is 4. The minimum absolute atomic E-state index is 0.00427. The van der Waals surface area contributed by atoms with E-state index in [-0.39, 0.29) is 11.9 Å². The Labute approximate surface area is 157 Å². The molecule has 1 atom stereocenters. The molecule has 1 heterocycles. The van der Waals surface area contributed by atoms with Crippen molar-refractivity contribution >= 4 is 41.0 Å². The molecule has 0 saturated carbocycles. The monoisotopic (exact) mass is 377 g/mol. The second-order valence-electron chi connectivity index (χ2n) is 5.84. The summed E-state index contributed by atoms with van der Waals surface area (Å²) in [5, 5.41) is 0.707. The van der Waals surface area contributed by atoms with Crippen LogP contribution in [-0.4, -0.2) is 29.4 Å². The van der Waals surface area contributed by atoms with E-state index in [1.54, 1.807) is 4.90 Å². The first kappa shape index (κ1) is 17.7. The van der Waals surface area contributed by atoms with E-state index in [1.807, 2.05) is 73.9 Å². The summed E-state index contributed by atoms with van der Waals surface area (Å²) < 4.78 is 0.514. The quantitative estimate of drug-likeness (QED) is 0.686. The van der Waals surface area contributed by atoms with Crippen LogP contribution in [0.5, 0.6) is 0 Å². The molecular weight excluding hydrogens is 358 g/mol. The zero-order valence-electron chi connectivity index (χ0n) is 13.7. The number of carbonyl (C=O) groups is 1. The Balaban J connectivity index is 1.71. The summed E-state index contributed by atoms with van der Waals surface area (Å²) in [4.78, 5) is 14.5. The number of amides is 1. The molecule has 2 nitrogen and oxygen atoms in total. The van der Waals surface area contributed by atoms with E-state index in [9.17, 15) is 4.79 Å². The predicted molar refractivity (Wildman–Crippen MR) is 106 cm³/mol. The second-order valence-corrected chi connectivity index (χ2v) is 9.00. The number of nitrogens with zero attached hydrogens (tertiary/aromatic N) is 1. The first-order chi connectivity index (χ1) is 11.6. The molecule has 0 N–H and O–H groups in total. The van der Waals surface area contributed by atoms with Gasteiger partial charge < -0.3 is 4.90 Å². The summed E-state index contributed by atoms with van der Waals surface area (Å²) >= 11 is 9.89. The molecule has 1 aliphatic rings.